The molecule has 4 rings (SSSR count). The molecule has 122 valence electrons. The summed E-state index contributed by atoms with van der Waals surface area (Å²) in [7, 11) is 1.34. The number of hydrogen-bond donors (Lipinski definition) is 0. The van der Waals surface area contributed by atoms with E-state index in [1.165, 1.54) is 21.7 Å². The topological polar surface area (TPSA) is 17.1 Å². The van der Waals surface area contributed by atoms with Crippen LogP contribution < -0.4 is 16.4 Å². The van der Waals surface area contributed by atoms with E-state index in [-0.39, 0.29) is 5.68 Å². The van der Waals surface area contributed by atoms with E-state index in [0.717, 1.165) is 18.3 Å². The molecule has 0 aliphatic rings. The van der Waals surface area contributed by atoms with Crippen molar-refractivity contribution in [2.45, 2.75) is 0 Å². The number of rotatable bonds is 5. The molecule has 1 nitrogen and oxygen atoms in total. The van der Waals surface area contributed by atoms with Gasteiger partial charge in [0.1, 0.15) is 5.68 Å². The zero-order valence-corrected chi connectivity index (χ0v) is 14.6. The summed E-state index contributed by atoms with van der Waals surface area (Å²) in [6.45, 7) is 0. The van der Waals surface area contributed by atoms with Gasteiger partial charge < -0.3 is 4.79 Å². The van der Waals surface area contributed by atoms with Crippen LogP contribution in [-0.4, -0.2) is 20.2 Å². The van der Waals surface area contributed by atoms with E-state index >= 15 is 0 Å². The number of carbonyl (C=O) groups excluding carboxylic acids is 1. The molecule has 0 saturated heterocycles. The predicted molar refractivity (Wildman–Crippen MR) is 114 cm³/mol. The number of benzene rings is 4. The van der Waals surface area contributed by atoms with Crippen LogP contribution in [0.2, 0.25) is 0 Å². The van der Waals surface area contributed by atoms with E-state index in [2.05, 4.69) is 66.7 Å². The second-order valence-corrected chi connectivity index (χ2v) is 6.60. The Labute approximate surface area is 155 Å². The van der Waals surface area contributed by atoms with Gasteiger partial charge in [-0.3, -0.25) is 0 Å². The number of fused-ring (bicyclic) bond motifs is 1. The molecule has 0 bridgehead atoms. The lowest BCUT2D eigenvalue weighted by Crippen LogP contribution is -2.30. The summed E-state index contributed by atoms with van der Waals surface area (Å²) in [6.07, 6.45) is 0. The SMILES string of the molecule is O=C(Bc1ccc(Bc2cccc3ccccc23)cc1)c1ccccc1. The molecule has 0 unspecified atom stereocenters. The van der Waals surface area contributed by atoms with Crippen LogP contribution >= 0.6 is 0 Å². The Bertz CT molecular complexity index is 1040. The van der Waals surface area contributed by atoms with Crippen molar-refractivity contribution in [1.29, 1.82) is 0 Å². The Balaban J connectivity index is 1.50. The number of carbonyl (C=O) groups is 1. The Kier molecular flexibility index (Phi) is 4.70. The van der Waals surface area contributed by atoms with Crippen LogP contribution in [0.25, 0.3) is 10.8 Å². The molecular weight excluding hydrogens is 314 g/mol. The van der Waals surface area contributed by atoms with Crippen LogP contribution in [0.1, 0.15) is 10.4 Å². The van der Waals surface area contributed by atoms with Gasteiger partial charge in [0, 0.05) is 5.56 Å². The minimum Gasteiger partial charge on any atom is -0.306 e. The van der Waals surface area contributed by atoms with Gasteiger partial charge in [-0.25, -0.2) is 0 Å². The molecule has 0 heterocycles. The summed E-state index contributed by atoms with van der Waals surface area (Å²) in [4.78, 5) is 12.3. The predicted octanol–water partition coefficient (Wildman–Crippen LogP) is 2.13. The van der Waals surface area contributed by atoms with Gasteiger partial charge in [-0.2, -0.15) is 0 Å². The normalized spacial score (nSPS) is 10.5. The van der Waals surface area contributed by atoms with Gasteiger partial charge in [0.2, 0.25) is 7.28 Å². The fourth-order valence-electron chi connectivity index (χ4n) is 3.35. The average molecular weight is 332 g/mol. The minimum absolute atomic E-state index is 0.160. The van der Waals surface area contributed by atoms with Crippen molar-refractivity contribution in [1.82, 2.24) is 0 Å². The van der Waals surface area contributed by atoms with E-state index < -0.39 is 0 Å². The second-order valence-electron chi connectivity index (χ2n) is 6.60. The van der Waals surface area contributed by atoms with Gasteiger partial charge in [-0.1, -0.05) is 113 Å². The summed E-state index contributed by atoms with van der Waals surface area (Å²) in [6, 6.07) is 32.8. The first kappa shape index (κ1) is 16.4. The standard InChI is InChI=1S/C23H18B2O/c26-23(18-8-2-1-3-9-18)25-20-15-13-19(14-16-20)24-22-12-6-10-17-7-4-5-11-21(17)22/h1-16,24-25H. The molecule has 0 atom stereocenters. The van der Waals surface area contributed by atoms with E-state index in [1.807, 2.05) is 30.3 Å². The quantitative estimate of drug-likeness (QED) is 0.512. The highest BCUT2D eigenvalue weighted by atomic mass is 16.1. The van der Waals surface area contributed by atoms with Gasteiger partial charge in [0.05, 0.1) is 0 Å². The van der Waals surface area contributed by atoms with Crippen LogP contribution in [0.3, 0.4) is 0 Å². The summed E-state index contributed by atoms with van der Waals surface area (Å²) < 4.78 is 0. The second kappa shape index (κ2) is 7.45. The highest BCUT2D eigenvalue weighted by molar-refractivity contribution is 6.87. The molecule has 0 amide bonds. The Hall–Kier alpha value is -3.06. The van der Waals surface area contributed by atoms with Crippen LogP contribution in [0.15, 0.2) is 97.1 Å². The molecule has 0 aromatic heterocycles. The van der Waals surface area contributed by atoms with Crippen molar-refractivity contribution in [2.24, 2.45) is 0 Å². The van der Waals surface area contributed by atoms with E-state index in [1.54, 1.807) is 0 Å². The van der Waals surface area contributed by atoms with Crippen LogP contribution in [0.5, 0.6) is 0 Å². The van der Waals surface area contributed by atoms with Gasteiger partial charge in [0.15, 0.2) is 7.28 Å². The highest BCUT2D eigenvalue weighted by Crippen LogP contribution is 2.10. The molecule has 0 aliphatic heterocycles. The van der Waals surface area contributed by atoms with Crippen LogP contribution in [-0.2, 0) is 0 Å². The summed E-state index contributed by atoms with van der Waals surface area (Å²) >= 11 is 0. The lowest BCUT2D eigenvalue weighted by atomic mass is 9.60. The first-order valence-corrected chi connectivity index (χ1v) is 8.92. The molecular formula is C23H18B2O. The minimum atomic E-state index is 0.160. The molecule has 0 aliphatic carbocycles. The molecule has 0 spiro atoms. The number of hydrogen-bond acceptors (Lipinski definition) is 1. The molecule has 4 aromatic carbocycles. The Morgan fingerprint density at radius 3 is 2.08 bits per heavy atom. The van der Waals surface area contributed by atoms with Gasteiger partial charge in [-0.05, 0) is 10.8 Å². The maximum Gasteiger partial charge on any atom is 0.245 e. The van der Waals surface area contributed by atoms with Gasteiger partial charge >= 0.3 is 0 Å². The van der Waals surface area contributed by atoms with Gasteiger partial charge in [0.25, 0.3) is 0 Å². The van der Waals surface area contributed by atoms with Crippen molar-refractivity contribution >= 4 is 47.4 Å². The molecule has 26 heavy (non-hydrogen) atoms. The monoisotopic (exact) mass is 332 g/mol. The fraction of sp³-hybridized carbons (Fsp3) is 0. The average Bonchev–Trinajstić information content (AvgIpc) is 2.70. The maximum atomic E-state index is 12.3. The largest absolute Gasteiger partial charge is 0.306 e. The highest BCUT2D eigenvalue weighted by Gasteiger charge is 2.09. The van der Waals surface area contributed by atoms with Crippen molar-refractivity contribution in [3.63, 3.8) is 0 Å². The maximum absolute atomic E-state index is 12.3. The zero-order chi connectivity index (χ0) is 17.8. The lowest BCUT2D eigenvalue weighted by molar-refractivity contribution is 0.107. The Morgan fingerprint density at radius 1 is 0.615 bits per heavy atom. The first-order valence-electron chi connectivity index (χ1n) is 8.92. The van der Waals surface area contributed by atoms with E-state index in [4.69, 9.17) is 0 Å². The van der Waals surface area contributed by atoms with Gasteiger partial charge in [-0.15, -0.1) is 0 Å². The van der Waals surface area contributed by atoms with E-state index in [0.29, 0.717) is 7.28 Å². The molecule has 4 aromatic rings. The van der Waals surface area contributed by atoms with Crippen molar-refractivity contribution in [2.75, 3.05) is 0 Å². The third-order valence-corrected chi connectivity index (χ3v) is 4.76. The summed E-state index contributed by atoms with van der Waals surface area (Å²) in [5, 5.41) is 2.58. The van der Waals surface area contributed by atoms with Crippen molar-refractivity contribution in [3.8, 4) is 0 Å². The molecule has 0 N–H and O–H groups in total. The molecule has 0 saturated carbocycles. The fourth-order valence-corrected chi connectivity index (χ4v) is 3.35. The molecule has 0 radical (unpaired) electrons. The van der Waals surface area contributed by atoms with Crippen LogP contribution in [0, 0.1) is 0 Å². The summed E-state index contributed by atoms with van der Waals surface area (Å²) in [5.41, 5.74) is 4.58. The zero-order valence-electron chi connectivity index (χ0n) is 14.6. The molecule has 3 heteroatoms. The van der Waals surface area contributed by atoms with E-state index in [9.17, 15) is 4.79 Å². The smallest absolute Gasteiger partial charge is 0.245 e. The van der Waals surface area contributed by atoms with Crippen LogP contribution in [0.4, 0.5) is 0 Å². The van der Waals surface area contributed by atoms with Crippen molar-refractivity contribution in [3.05, 3.63) is 103 Å². The Morgan fingerprint density at radius 2 is 1.27 bits per heavy atom. The van der Waals surface area contributed by atoms with Crippen molar-refractivity contribution < 1.29 is 4.79 Å². The third-order valence-electron chi connectivity index (χ3n) is 4.76. The summed E-state index contributed by atoms with van der Waals surface area (Å²) in [5.74, 6) is 0. The molecule has 0 fully saturated rings. The lowest BCUT2D eigenvalue weighted by Gasteiger charge is -2.07. The first-order chi connectivity index (χ1) is 12.8. The third kappa shape index (κ3) is 3.62.